The number of carbonyl (C=O) groups is 1. The Hall–Kier alpha value is -1.81. The molecule has 0 N–H and O–H groups in total. The summed E-state index contributed by atoms with van der Waals surface area (Å²) in [7, 11) is 1.72. The van der Waals surface area contributed by atoms with Crippen LogP contribution in [0.5, 0.6) is 5.75 Å². The van der Waals surface area contributed by atoms with Gasteiger partial charge in [0.25, 0.3) is 0 Å². The number of piperazine rings is 1. The Kier molecular flexibility index (Phi) is 4.21. The van der Waals surface area contributed by atoms with Gasteiger partial charge in [0, 0.05) is 37.8 Å². The number of hydrogen-bond acceptors (Lipinski definition) is 3. The summed E-state index contributed by atoms with van der Waals surface area (Å²) in [6.45, 7) is 8.99. The molecule has 1 unspecified atom stereocenters. The molecule has 1 atom stereocenters. The molecule has 1 aromatic rings. The molecule has 2 aliphatic rings. The molecule has 1 fully saturated rings. The summed E-state index contributed by atoms with van der Waals surface area (Å²) >= 11 is 0. The fraction of sp³-hybridized carbons (Fsp3) is 0.500. The molecule has 22 heavy (non-hydrogen) atoms. The number of nitrogens with zero attached hydrogens (tertiary/aromatic N) is 2. The van der Waals surface area contributed by atoms with Gasteiger partial charge in [-0.3, -0.25) is 9.69 Å². The largest absolute Gasteiger partial charge is 0.497 e. The molecule has 0 spiro atoms. The summed E-state index contributed by atoms with van der Waals surface area (Å²) in [4.78, 5) is 16.4. The minimum absolute atomic E-state index is 0.0909. The van der Waals surface area contributed by atoms with E-state index in [1.165, 1.54) is 11.1 Å². The van der Waals surface area contributed by atoms with E-state index in [9.17, 15) is 4.79 Å². The highest BCUT2D eigenvalue weighted by atomic mass is 16.5. The third-order valence-corrected chi connectivity index (χ3v) is 4.81. The van der Waals surface area contributed by atoms with E-state index in [4.69, 9.17) is 4.74 Å². The second-order valence-electron chi connectivity index (χ2n) is 6.23. The summed E-state index contributed by atoms with van der Waals surface area (Å²) in [6, 6.07) is 6.88. The van der Waals surface area contributed by atoms with Crippen molar-refractivity contribution in [3.05, 3.63) is 41.5 Å². The highest BCUT2D eigenvalue weighted by molar-refractivity contribution is 5.92. The first kappa shape index (κ1) is 15.1. The van der Waals surface area contributed by atoms with Crippen molar-refractivity contribution in [3.63, 3.8) is 0 Å². The van der Waals surface area contributed by atoms with Crippen LogP contribution in [0.25, 0.3) is 0 Å². The number of ether oxygens (including phenoxy) is 1. The Morgan fingerprint density at radius 3 is 2.64 bits per heavy atom. The number of carbonyl (C=O) groups excluding carboxylic acids is 1. The summed E-state index contributed by atoms with van der Waals surface area (Å²) in [5.41, 5.74) is 3.47. The summed E-state index contributed by atoms with van der Waals surface area (Å²) in [6.07, 6.45) is 2.30. The van der Waals surface area contributed by atoms with Crippen molar-refractivity contribution in [1.29, 1.82) is 0 Å². The molecule has 1 heterocycles. The third-order valence-electron chi connectivity index (χ3n) is 4.81. The van der Waals surface area contributed by atoms with Gasteiger partial charge < -0.3 is 9.64 Å². The van der Waals surface area contributed by atoms with Gasteiger partial charge in [0.15, 0.2) is 0 Å². The molecule has 4 nitrogen and oxygen atoms in total. The molecule has 1 aliphatic heterocycles. The smallest absolute Gasteiger partial charge is 0.248 e. The average molecular weight is 300 g/mol. The van der Waals surface area contributed by atoms with Crippen LogP contribution in [0.4, 0.5) is 0 Å². The van der Waals surface area contributed by atoms with E-state index in [0.29, 0.717) is 11.6 Å². The summed E-state index contributed by atoms with van der Waals surface area (Å²) in [5.74, 6) is 1.02. The van der Waals surface area contributed by atoms with Gasteiger partial charge in [0.1, 0.15) is 5.75 Å². The number of fused-ring (bicyclic) bond motifs is 1. The number of methoxy groups -OCH3 is 1. The first-order chi connectivity index (χ1) is 10.6. The van der Waals surface area contributed by atoms with Crippen LogP contribution < -0.4 is 4.74 Å². The zero-order chi connectivity index (χ0) is 15.7. The molecule has 1 aromatic carbocycles. The number of amides is 1. The molecule has 1 aliphatic carbocycles. The Bertz CT molecular complexity index is 589. The van der Waals surface area contributed by atoms with Crippen LogP contribution in [0.15, 0.2) is 30.4 Å². The number of hydrogen-bond donors (Lipinski definition) is 0. The Morgan fingerprint density at radius 1 is 1.27 bits per heavy atom. The predicted octanol–water partition coefficient (Wildman–Crippen LogP) is 2.40. The topological polar surface area (TPSA) is 32.8 Å². The maximum atomic E-state index is 12.0. The van der Waals surface area contributed by atoms with E-state index in [-0.39, 0.29) is 5.91 Å². The van der Waals surface area contributed by atoms with E-state index >= 15 is 0 Å². The standard InChI is InChI=1S/C18H24N2O2/c1-13(2)18(21)20-10-8-19(9-11-20)17-7-5-14-4-6-15(22-3)12-16(14)17/h4,6,12,17H,1,5,7-11H2,2-3H3. The third kappa shape index (κ3) is 2.75. The number of aryl methyl sites for hydroxylation is 1. The first-order valence-corrected chi connectivity index (χ1v) is 7.96. The molecular weight excluding hydrogens is 276 g/mol. The molecule has 0 radical (unpaired) electrons. The van der Waals surface area contributed by atoms with Crippen molar-refractivity contribution < 1.29 is 9.53 Å². The van der Waals surface area contributed by atoms with Gasteiger partial charge >= 0.3 is 0 Å². The van der Waals surface area contributed by atoms with Gasteiger partial charge in [0.2, 0.25) is 5.91 Å². The van der Waals surface area contributed by atoms with E-state index in [2.05, 4.69) is 23.6 Å². The number of benzene rings is 1. The van der Waals surface area contributed by atoms with Crippen LogP contribution in [-0.4, -0.2) is 49.0 Å². The van der Waals surface area contributed by atoms with E-state index in [0.717, 1.165) is 44.8 Å². The zero-order valence-corrected chi connectivity index (χ0v) is 13.5. The molecule has 0 saturated carbocycles. The van der Waals surface area contributed by atoms with Crippen LogP contribution in [0.3, 0.4) is 0 Å². The minimum Gasteiger partial charge on any atom is -0.497 e. The van der Waals surface area contributed by atoms with Crippen molar-refractivity contribution in [1.82, 2.24) is 9.80 Å². The second kappa shape index (κ2) is 6.13. The molecule has 1 saturated heterocycles. The van der Waals surface area contributed by atoms with Crippen LogP contribution in [-0.2, 0) is 11.2 Å². The maximum absolute atomic E-state index is 12.0. The SMILES string of the molecule is C=C(C)C(=O)N1CCN(C2CCc3ccc(OC)cc32)CC1. The van der Waals surface area contributed by atoms with Crippen molar-refractivity contribution in [3.8, 4) is 5.75 Å². The van der Waals surface area contributed by atoms with Gasteiger partial charge in [-0.15, -0.1) is 0 Å². The summed E-state index contributed by atoms with van der Waals surface area (Å²) < 4.78 is 5.37. The van der Waals surface area contributed by atoms with Gasteiger partial charge in [-0.25, -0.2) is 0 Å². The average Bonchev–Trinajstić information content (AvgIpc) is 2.97. The van der Waals surface area contributed by atoms with Crippen molar-refractivity contribution in [2.75, 3.05) is 33.3 Å². The Balaban J connectivity index is 1.69. The maximum Gasteiger partial charge on any atom is 0.248 e. The van der Waals surface area contributed by atoms with Gasteiger partial charge in [-0.2, -0.15) is 0 Å². The highest BCUT2D eigenvalue weighted by Crippen LogP contribution is 2.38. The molecule has 1 amide bonds. The Labute approximate surface area is 132 Å². The monoisotopic (exact) mass is 300 g/mol. The normalized spacial score (nSPS) is 21.5. The quantitative estimate of drug-likeness (QED) is 0.804. The lowest BCUT2D eigenvalue weighted by Gasteiger charge is -2.38. The van der Waals surface area contributed by atoms with Crippen LogP contribution in [0.2, 0.25) is 0 Å². The van der Waals surface area contributed by atoms with Crippen LogP contribution in [0, 0.1) is 0 Å². The molecule has 3 rings (SSSR count). The van der Waals surface area contributed by atoms with Gasteiger partial charge in [-0.05, 0) is 43.0 Å². The van der Waals surface area contributed by atoms with E-state index in [1.807, 2.05) is 11.0 Å². The summed E-state index contributed by atoms with van der Waals surface area (Å²) in [5, 5.41) is 0. The van der Waals surface area contributed by atoms with Gasteiger partial charge in [-0.1, -0.05) is 12.6 Å². The van der Waals surface area contributed by atoms with Crippen molar-refractivity contribution in [2.45, 2.75) is 25.8 Å². The highest BCUT2D eigenvalue weighted by Gasteiger charge is 2.31. The van der Waals surface area contributed by atoms with Crippen LogP contribution in [0.1, 0.15) is 30.5 Å². The minimum atomic E-state index is 0.0909. The molecular formula is C18H24N2O2. The fourth-order valence-electron chi connectivity index (χ4n) is 3.57. The first-order valence-electron chi connectivity index (χ1n) is 7.96. The van der Waals surface area contributed by atoms with Gasteiger partial charge in [0.05, 0.1) is 7.11 Å². The van der Waals surface area contributed by atoms with E-state index in [1.54, 1.807) is 14.0 Å². The zero-order valence-electron chi connectivity index (χ0n) is 13.5. The Morgan fingerprint density at radius 2 is 2.00 bits per heavy atom. The lowest BCUT2D eigenvalue weighted by Crippen LogP contribution is -2.49. The predicted molar refractivity (Wildman–Crippen MR) is 87.0 cm³/mol. The lowest BCUT2D eigenvalue weighted by molar-refractivity contribution is -0.129. The van der Waals surface area contributed by atoms with E-state index < -0.39 is 0 Å². The second-order valence-corrected chi connectivity index (χ2v) is 6.23. The van der Waals surface area contributed by atoms with Crippen molar-refractivity contribution in [2.24, 2.45) is 0 Å². The number of rotatable bonds is 3. The molecule has 118 valence electrons. The van der Waals surface area contributed by atoms with Crippen molar-refractivity contribution >= 4 is 5.91 Å². The van der Waals surface area contributed by atoms with Crippen LogP contribution >= 0.6 is 0 Å². The molecule has 0 bridgehead atoms. The lowest BCUT2D eigenvalue weighted by atomic mass is 10.1. The fourth-order valence-corrected chi connectivity index (χ4v) is 3.57. The molecule has 4 heteroatoms. The molecule has 0 aromatic heterocycles.